The van der Waals surface area contributed by atoms with E-state index in [9.17, 15) is 14.7 Å². The second-order valence-corrected chi connectivity index (χ2v) is 14.8. The van der Waals surface area contributed by atoms with Crippen molar-refractivity contribution in [2.24, 2.45) is 23.7 Å². The van der Waals surface area contributed by atoms with Crippen LogP contribution in [0.5, 0.6) is 0 Å². The van der Waals surface area contributed by atoms with Crippen LogP contribution in [0.1, 0.15) is 68.3 Å². The molecule has 2 saturated carbocycles. The fourth-order valence-electron chi connectivity index (χ4n) is 8.02. The molecule has 10 rings (SSSR count). The molecule has 4 fully saturated rings. The summed E-state index contributed by atoms with van der Waals surface area (Å²) in [6.07, 6.45) is 16.1. The minimum Gasteiger partial charge on any atom is -0.545 e. The van der Waals surface area contributed by atoms with E-state index in [4.69, 9.17) is 5.73 Å². The maximum absolute atomic E-state index is 12.8. The van der Waals surface area contributed by atoms with Gasteiger partial charge in [0.05, 0.1) is 43.1 Å². The molecule has 5 atom stereocenters. The first-order valence-corrected chi connectivity index (χ1v) is 18.0. The van der Waals surface area contributed by atoms with Gasteiger partial charge in [-0.15, -0.1) is 0 Å². The Morgan fingerprint density at radius 1 is 0.755 bits per heavy atom. The van der Waals surface area contributed by atoms with Crippen LogP contribution in [-0.2, 0) is 19.5 Å². The van der Waals surface area contributed by atoms with Gasteiger partial charge in [0.25, 0.3) is 5.91 Å². The zero-order valence-corrected chi connectivity index (χ0v) is 29.7. The SMILES string of the molecule is Nc1nccc2c1CC[C@H]2NC(=O)c1cnn(Cc2ccc(N3CC4CC4C3)nc2)c1.O=C([O-])c1cnn(Cc2ccc(N3CC4CC4C3)nc2)c1.[Li+]. The molecule has 7 heterocycles. The van der Waals surface area contributed by atoms with E-state index in [0.29, 0.717) is 24.5 Å². The quantitative estimate of drug-likeness (QED) is 0.186. The van der Waals surface area contributed by atoms with E-state index in [2.05, 4.69) is 52.4 Å². The number of carboxylic acids is 1. The van der Waals surface area contributed by atoms with Crippen LogP contribution in [0.15, 0.2) is 73.7 Å². The first-order valence-electron chi connectivity index (χ1n) is 18.0. The van der Waals surface area contributed by atoms with Gasteiger partial charge in [0, 0.05) is 62.7 Å². The van der Waals surface area contributed by atoms with Gasteiger partial charge in [0.1, 0.15) is 17.5 Å². The van der Waals surface area contributed by atoms with E-state index in [1.165, 1.54) is 25.2 Å². The molecule has 3 aliphatic carbocycles. The van der Waals surface area contributed by atoms with Gasteiger partial charge in [0.2, 0.25) is 0 Å². The van der Waals surface area contributed by atoms with Crippen molar-refractivity contribution in [1.82, 2.24) is 39.8 Å². The number of rotatable bonds is 9. The molecule has 53 heavy (non-hydrogen) atoms. The second kappa shape index (κ2) is 14.3. The van der Waals surface area contributed by atoms with Gasteiger partial charge < -0.3 is 30.8 Å². The summed E-state index contributed by atoms with van der Waals surface area (Å²) in [7, 11) is 0. The number of carboxylic acid groups (broad SMARTS) is 1. The summed E-state index contributed by atoms with van der Waals surface area (Å²) in [6, 6.07) is 10.1. The number of amides is 1. The first kappa shape index (κ1) is 34.9. The Morgan fingerprint density at radius 2 is 1.30 bits per heavy atom. The van der Waals surface area contributed by atoms with Crippen LogP contribution in [0.2, 0.25) is 0 Å². The number of piperidine rings is 2. The summed E-state index contributed by atoms with van der Waals surface area (Å²) in [5, 5.41) is 22.2. The normalized spacial score (nSPS) is 22.9. The molecule has 2 saturated heterocycles. The van der Waals surface area contributed by atoms with E-state index in [0.717, 1.165) is 96.6 Å². The van der Waals surface area contributed by atoms with Crippen LogP contribution in [0, 0.1) is 23.7 Å². The Balaban J connectivity index is 0.000000159. The molecule has 5 aromatic heterocycles. The van der Waals surface area contributed by atoms with E-state index >= 15 is 0 Å². The smallest absolute Gasteiger partial charge is 0.545 e. The molecule has 0 aromatic carbocycles. The fourth-order valence-corrected chi connectivity index (χ4v) is 8.02. The van der Waals surface area contributed by atoms with Crippen molar-refractivity contribution in [3.8, 4) is 0 Å². The molecule has 0 radical (unpaired) electrons. The zero-order valence-electron chi connectivity index (χ0n) is 29.7. The largest absolute Gasteiger partial charge is 1.00 e. The maximum atomic E-state index is 12.8. The average molecular weight is 706 g/mol. The number of fused-ring (bicyclic) bond motifs is 3. The zero-order chi connectivity index (χ0) is 35.3. The summed E-state index contributed by atoms with van der Waals surface area (Å²) in [5.41, 5.74) is 10.8. The van der Waals surface area contributed by atoms with Crippen LogP contribution < -0.4 is 44.8 Å². The number of nitrogens with one attached hydrogen (secondary N) is 1. The van der Waals surface area contributed by atoms with E-state index < -0.39 is 5.97 Å². The van der Waals surface area contributed by atoms with Crippen molar-refractivity contribution < 1.29 is 33.6 Å². The summed E-state index contributed by atoms with van der Waals surface area (Å²) < 4.78 is 3.36. The molecular formula is C38H40LiN11O3. The fraction of sp³-hybridized carbons (Fsp3) is 0.395. The molecule has 3 N–H and O–H groups in total. The van der Waals surface area contributed by atoms with Gasteiger partial charge in [-0.1, -0.05) is 12.1 Å². The van der Waals surface area contributed by atoms with Gasteiger partial charge in [0.15, 0.2) is 0 Å². The number of nitrogen functional groups attached to an aromatic ring is 1. The van der Waals surface area contributed by atoms with Crippen LogP contribution in [0.4, 0.5) is 17.5 Å². The van der Waals surface area contributed by atoms with Gasteiger partial charge >= 0.3 is 18.9 Å². The third kappa shape index (κ3) is 7.52. The monoisotopic (exact) mass is 705 g/mol. The molecule has 14 nitrogen and oxygen atoms in total. The number of hydrogen-bond donors (Lipinski definition) is 2. The Hall–Kier alpha value is -5.19. The molecule has 0 bridgehead atoms. The van der Waals surface area contributed by atoms with E-state index in [1.54, 1.807) is 28.0 Å². The number of nitrogens with two attached hydrogens (primary N) is 1. The average Bonchev–Trinajstić information content (AvgIpc) is 3.61. The summed E-state index contributed by atoms with van der Waals surface area (Å²) in [4.78, 5) is 41.5. The number of aromatic carboxylic acids is 1. The minimum absolute atomic E-state index is 0. The molecule has 5 aliphatic rings. The second-order valence-electron chi connectivity index (χ2n) is 14.8. The van der Waals surface area contributed by atoms with Crippen molar-refractivity contribution in [3.05, 3.63) is 107 Å². The van der Waals surface area contributed by atoms with Crippen molar-refractivity contribution in [2.75, 3.05) is 41.7 Å². The third-order valence-corrected chi connectivity index (χ3v) is 11.2. The van der Waals surface area contributed by atoms with Crippen LogP contribution in [0.3, 0.4) is 0 Å². The van der Waals surface area contributed by atoms with Gasteiger partial charge in [-0.05, 0) is 89.8 Å². The Labute approximate surface area is 319 Å². The summed E-state index contributed by atoms with van der Waals surface area (Å²) in [5.74, 6) is 4.87. The van der Waals surface area contributed by atoms with Crippen molar-refractivity contribution in [2.45, 2.75) is 44.8 Å². The summed E-state index contributed by atoms with van der Waals surface area (Å²) in [6.45, 7) is 5.63. The number of pyridine rings is 3. The number of hydrogen-bond acceptors (Lipinski definition) is 11. The van der Waals surface area contributed by atoms with E-state index in [-0.39, 0.29) is 36.4 Å². The van der Waals surface area contributed by atoms with Crippen LogP contribution in [-0.4, -0.2) is 72.6 Å². The Morgan fingerprint density at radius 3 is 1.81 bits per heavy atom. The molecule has 15 heteroatoms. The summed E-state index contributed by atoms with van der Waals surface area (Å²) >= 11 is 0. The predicted molar refractivity (Wildman–Crippen MR) is 190 cm³/mol. The van der Waals surface area contributed by atoms with Gasteiger partial charge in [-0.2, -0.15) is 10.2 Å². The van der Waals surface area contributed by atoms with Gasteiger partial charge in [-0.3, -0.25) is 14.2 Å². The number of anilines is 3. The van der Waals surface area contributed by atoms with Crippen LogP contribution >= 0.6 is 0 Å². The molecule has 4 unspecified atom stereocenters. The van der Waals surface area contributed by atoms with Crippen LogP contribution in [0.25, 0.3) is 0 Å². The molecule has 266 valence electrons. The van der Waals surface area contributed by atoms with Crippen molar-refractivity contribution >= 4 is 29.3 Å². The Bertz CT molecular complexity index is 2100. The predicted octanol–water partition coefficient (Wildman–Crippen LogP) is -0.673. The molecule has 5 aromatic rings. The molecular weight excluding hydrogens is 665 g/mol. The Kier molecular flexibility index (Phi) is 9.42. The number of nitrogens with zero attached hydrogens (tertiary/aromatic N) is 9. The number of carbonyl (C=O) groups is 2. The van der Waals surface area contributed by atoms with E-state index in [1.807, 2.05) is 30.6 Å². The molecule has 1 amide bonds. The van der Waals surface area contributed by atoms with Gasteiger partial charge in [-0.25, -0.2) is 15.0 Å². The van der Waals surface area contributed by atoms with Crippen molar-refractivity contribution in [1.29, 1.82) is 0 Å². The number of carbonyl (C=O) groups excluding carboxylic acids is 2. The molecule has 0 spiro atoms. The van der Waals surface area contributed by atoms with Crippen molar-refractivity contribution in [3.63, 3.8) is 0 Å². The topological polar surface area (TPSA) is 176 Å². The minimum atomic E-state index is -1.21. The number of aromatic nitrogens is 7. The molecule has 2 aliphatic heterocycles. The standard InChI is InChI=1S/C23H25N7O.C15H16N4O2.Li/c24-22-19-2-3-20(18(19)5-6-25-22)28-23(31)17-9-27-30(13-17)10-14-1-4-21(26-8-14)29-11-15-7-16(15)12-29;20-15(21)13-5-17-19(9-13)6-10-1-2-14(16-4-10)18-7-11-3-12(11)8-18;/h1,4-6,8-9,13,15-16,20H,2-3,7,10-12H2,(H2,24,25)(H,28,31);1-2,4-5,9,11-12H,3,6-8H2,(H,20,21);/q;;+1/p-1/t15?,16?,20-;;/m1../s1. The third-order valence-electron chi connectivity index (χ3n) is 11.2. The first-order chi connectivity index (χ1) is 25.3. The maximum Gasteiger partial charge on any atom is 1.00 e.